The van der Waals surface area contributed by atoms with Gasteiger partial charge < -0.3 is 11.5 Å². The maximum Gasteiger partial charge on any atom is 0.0472 e. The third-order valence-electron chi connectivity index (χ3n) is 2.28. The van der Waals surface area contributed by atoms with Gasteiger partial charge in [0.1, 0.15) is 0 Å². The van der Waals surface area contributed by atoms with E-state index in [-0.39, 0.29) is 11.6 Å². The average Bonchev–Trinajstić information content (AvgIpc) is 2.15. The fourth-order valence-electron chi connectivity index (χ4n) is 1.24. The lowest BCUT2D eigenvalue weighted by Gasteiger charge is -2.27. The second-order valence-corrected chi connectivity index (χ2v) is 4.95. The number of nitrogens with two attached hydrogens (primary N) is 2. The molecule has 0 heterocycles. The van der Waals surface area contributed by atoms with Crippen LogP contribution in [0.3, 0.4) is 0 Å². The molecule has 0 aromatic heterocycles. The van der Waals surface area contributed by atoms with E-state index < -0.39 is 0 Å². The van der Waals surface area contributed by atoms with Gasteiger partial charge in [-0.05, 0) is 37.8 Å². The standard InChI is InChI=1S/C11H18N2S/c1-11(2,13)10(12)8-4-6-9(14-3)7-5-8/h4-7,10H,12-13H2,1-3H3. The van der Waals surface area contributed by atoms with Gasteiger partial charge in [-0.25, -0.2) is 0 Å². The molecule has 4 N–H and O–H groups in total. The van der Waals surface area contributed by atoms with Crippen molar-refractivity contribution < 1.29 is 0 Å². The molecule has 0 amide bonds. The molecule has 14 heavy (non-hydrogen) atoms. The number of benzene rings is 1. The van der Waals surface area contributed by atoms with Crippen LogP contribution >= 0.6 is 11.8 Å². The molecule has 2 nitrogen and oxygen atoms in total. The molecular formula is C11H18N2S. The summed E-state index contributed by atoms with van der Waals surface area (Å²) in [5, 5.41) is 0. The first-order valence-corrected chi connectivity index (χ1v) is 5.86. The topological polar surface area (TPSA) is 52.0 Å². The molecule has 0 spiro atoms. The SMILES string of the molecule is CSc1ccc(C(N)C(C)(C)N)cc1. The molecule has 1 rings (SSSR count). The Hall–Kier alpha value is -0.510. The summed E-state index contributed by atoms with van der Waals surface area (Å²) in [6, 6.07) is 8.13. The fraction of sp³-hybridized carbons (Fsp3) is 0.455. The van der Waals surface area contributed by atoms with Crippen LogP contribution in [0.1, 0.15) is 25.5 Å². The predicted octanol–water partition coefficient (Wildman–Crippen LogP) is 2.15. The molecule has 0 bridgehead atoms. The summed E-state index contributed by atoms with van der Waals surface area (Å²) in [5.41, 5.74) is 12.7. The van der Waals surface area contributed by atoms with Crippen molar-refractivity contribution >= 4 is 11.8 Å². The minimum absolute atomic E-state index is 0.113. The predicted molar refractivity (Wildman–Crippen MR) is 63.4 cm³/mol. The minimum atomic E-state index is -0.374. The number of thioether (sulfide) groups is 1. The highest BCUT2D eigenvalue weighted by Crippen LogP contribution is 2.23. The van der Waals surface area contributed by atoms with Gasteiger partial charge in [-0.3, -0.25) is 0 Å². The Bertz CT molecular complexity index is 287. The second-order valence-electron chi connectivity index (χ2n) is 4.07. The monoisotopic (exact) mass is 210 g/mol. The van der Waals surface area contributed by atoms with Crippen LogP contribution in [0.4, 0.5) is 0 Å². The van der Waals surface area contributed by atoms with Crippen LogP contribution < -0.4 is 11.5 Å². The van der Waals surface area contributed by atoms with E-state index in [2.05, 4.69) is 18.4 Å². The zero-order chi connectivity index (χ0) is 10.8. The van der Waals surface area contributed by atoms with E-state index in [1.807, 2.05) is 26.0 Å². The van der Waals surface area contributed by atoms with E-state index in [0.717, 1.165) is 5.56 Å². The fourth-order valence-corrected chi connectivity index (χ4v) is 1.65. The van der Waals surface area contributed by atoms with E-state index in [1.165, 1.54) is 4.90 Å². The maximum atomic E-state index is 6.03. The minimum Gasteiger partial charge on any atom is -0.324 e. The molecule has 78 valence electrons. The van der Waals surface area contributed by atoms with Gasteiger partial charge in [0.15, 0.2) is 0 Å². The summed E-state index contributed by atoms with van der Waals surface area (Å²) in [6.07, 6.45) is 2.06. The second kappa shape index (κ2) is 4.34. The van der Waals surface area contributed by atoms with Crippen molar-refractivity contribution in [3.8, 4) is 0 Å². The van der Waals surface area contributed by atoms with Crippen LogP contribution in [0.25, 0.3) is 0 Å². The van der Waals surface area contributed by atoms with E-state index in [9.17, 15) is 0 Å². The Labute approximate surface area is 90.1 Å². The lowest BCUT2D eigenvalue weighted by molar-refractivity contribution is 0.420. The molecule has 0 saturated heterocycles. The highest BCUT2D eigenvalue weighted by atomic mass is 32.2. The van der Waals surface area contributed by atoms with Crippen molar-refractivity contribution in [1.82, 2.24) is 0 Å². The van der Waals surface area contributed by atoms with E-state index >= 15 is 0 Å². The Balaban J connectivity index is 2.87. The van der Waals surface area contributed by atoms with Crippen molar-refractivity contribution in [3.63, 3.8) is 0 Å². The van der Waals surface area contributed by atoms with Crippen LogP contribution in [0.5, 0.6) is 0 Å². The zero-order valence-electron chi connectivity index (χ0n) is 8.95. The summed E-state index contributed by atoms with van der Waals surface area (Å²) >= 11 is 1.72. The first kappa shape index (κ1) is 11.6. The molecule has 1 aromatic rings. The zero-order valence-corrected chi connectivity index (χ0v) is 9.77. The van der Waals surface area contributed by atoms with Crippen LogP contribution in [0.2, 0.25) is 0 Å². The van der Waals surface area contributed by atoms with Gasteiger partial charge in [-0.2, -0.15) is 0 Å². The number of rotatable bonds is 3. The summed E-state index contributed by atoms with van der Waals surface area (Å²) < 4.78 is 0. The Morgan fingerprint density at radius 3 is 2.07 bits per heavy atom. The van der Waals surface area contributed by atoms with Gasteiger partial charge >= 0.3 is 0 Å². The summed E-state index contributed by atoms with van der Waals surface area (Å²) in [7, 11) is 0. The first-order chi connectivity index (χ1) is 6.45. The Kier molecular flexibility index (Phi) is 3.59. The van der Waals surface area contributed by atoms with Crippen LogP contribution in [0, 0.1) is 0 Å². The molecule has 3 heteroatoms. The molecule has 1 aromatic carbocycles. The van der Waals surface area contributed by atoms with Crippen LogP contribution in [-0.4, -0.2) is 11.8 Å². The van der Waals surface area contributed by atoms with Gasteiger partial charge in [0.25, 0.3) is 0 Å². The third-order valence-corrected chi connectivity index (χ3v) is 3.02. The van der Waals surface area contributed by atoms with Gasteiger partial charge in [0, 0.05) is 16.5 Å². The normalized spacial score (nSPS) is 14.1. The molecule has 1 atom stereocenters. The summed E-state index contributed by atoms with van der Waals surface area (Å²) in [4.78, 5) is 1.25. The van der Waals surface area contributed by atoms with Crippen molar-refractivity contribution in [2.75, 3.05) is 6.26 Å². The lowest BCUT2D eigenvalue weighted by Crippen LogP contribution is -2.43. The maximum absolute atomic E-state index is 6.03. The average molecular weight is 210 g/mol. The highest BCUT2D eigenvalue weighted by Gasteiger charge is 2.22. The largest absolute Gasteiger partial charge is 0.324 e. The number of hydrogen-bond acceptors (Lipinski definition) is 3. The third kappa shape index (κ3) is 2.74. The first-order valence-electron chi connectivity index (χ1n) is 4.63. The molecule has 1 unspecified atom stereocenters. The van der Waals surface area contributed by atoms with Gasteiger partial charge in [-0.15, -0.1) is 11.8 Å². The van der Waals surface area contributed by atoms with Gasteiger partial charge in [0.05, 0.1) is 0 Å². The molecule has 0 radical (unpaired) electrons. The molecular weight excluding hydrogens is 192 g/mol. The molecule has 0 fully saturated rings. The van der Waals surface area contributed by atoms with Crippen molar-refractivity contribution in [3.05, 3.63) is 29.8 Å². The molecule has 0 saturated carbocycles. The van der Waals surface area contributed by atoms with Crippen molar-refractivity contribution in [2.45, 2.75) is 30.3 Å². The smallest absolute Gasteiger partial charge is 0.0472 e. The molecule has 0 aliphatic rings. The van der Waals surface area contributed by atoms with Crippen molar-refractivity contribution in [2.24, 2.45) is 11.5 Å². The van der Waals surface area contributed by atoms with E-state index in [4.69, 9.17) is 11.5 Å². The number of hydrogen-bond donors (Lipinski definition) is 2. The van der Waals surface area contributed by atoms with E-state index in [0.29, 0.717) is 0 Å². The van der Waals surface area contributed by atoms with Crippen molar-refractivity contribution in [1.29, 1.82) is 0 Å². The quantitative estimate of drug-likeness (QED) is 0.752. The Morgan fingerprint density at radius 1 is 1.21 bits per heavy atom. The van der Waals surface area contributed by atoms with Gasteiger partial charge in [0.2, 0.25) is 0 Å². The molecule has 0 aliphatic carbocycles. The summed E-state index contributed by atoms with van der Waals surface area (Å²) in [6.45, 7) is 3.89. The lowest BCUT2D eigenvalue weighted by atomic mass is 9.91. The Morgan fingerprint density at radius 2 is 1.71 bits per heavy atom. The van der Waals surface area contributed by atoms with Gasteiger partial charge in [-0.1, -0.05) is 12.1 Å². The van der Waals surface area contributed by atoms with Crippen LogP contribution in [-0.2, 0) is 0 Å². The molecule has 0 aliphatic heterocycles. The van der Waals surface area contributed by atoms with Crippen LogP contribution in [0.15, 0.2) is 29.2 Å². The van der Waals surface area contributed by atoms with E-state index in [1.54, 1.807) is 11.8 Å². The highest BCUT2D eigenvalue weighted by molar-refractivity contribution is 7.98. The summed E-state index contributed by atoms with van der Waals surface area (Å²) in [5.74, 6) is 0.